The molecule has 1 aliphatic rings. The summed E-state index contributed by atoms with van der Waals surface area (Å²) in [5.74, 6) is 0.166. The summed E-state index contributed by atoms with van der Waals surface area (Å²) in [5, 5.41) is 7.29. The molecule has 1 amide bonds. The SMILES string of the molecule is O=C(Nc1cnccc1N1CCNCC1)c1ncc(-c2ccc3[nH]ccc3c2)o1. The monoisotopic (exact) mass is 388 g/mol. The maximum absolute atomic E-state index is 12.7. The van der Waals surface area contributed by atoms with Gasteiger partial charge in [-0.15, -0.1) is 0 Å². The summed E-state index contributed by atoms with van der Waals surface area (Å²) in [6.45, 7) is 3.56. The van der Waals surface area contributed by atoms with Crippen LogP contribution in [0.3, 0.4) is 0 Å². The number of hydrogen-bond acceptors (Lipinski definition) is 6. The molecule has 29 heavy (non-hydrogen) atoms. The number of hydrogen-bond donors (Lipinski definition) is 3. The van der Waals surface area contributed by atoms with Crippen LogP contribution in [0, 0.1) is 0 Å². The molecule has 8 nitrogen and oxygen atoms in total. The summed E-state index contributed by atoms with van der Waals surface area (Å²) in [6.07, 6.45) is 6.84. The highest BCUT2D eigenvalue weighted by Crippen LogP contribution is 2.27. The zero-order valence-corrected chi connectivity index (χ0v) is 15.7. The van der Waals surface area contributed by atoms with Gasteiger partial charge < -0.3 is 24.9 Å². The summed E-state index contributed by atoms with van der Waals surface area (Å²) in [6, 6.07) is 9.81. The number of carbonyl (C=O) groups excluding carboxylic acids is 1. The van der Waals surface area contributed by atoms with Crippen molar-refractivity contribution in [2.45, 2.75) is 0 Å². The minimum Gasteiger partial charge on any atom is -0.432 e. The van der Waals surface area contributed by atoms with Crippen LogP contribution in [0.1, 0.15) is 10.7 Å². The van der Waals surface area contributed by atoms with E-state index in [0.717, 1.165) is 48.3 Å². The maximum Gasteiger partial charge on any atom is 0.311 e. The molecule has 0 atom stereocenters. The first-order valence-corrected chi connectivity index (χ1v) is 9.52. The highest BCUT2D eigenvalue weighted by Gasteiger charge is 2.19. The summed E-state index contributed by atoms with van der Waals surface area (Å²) in [4.78, 5) is 26.4. The van der Waals surface area contributed by atoms with Crippen molar-refractivity contribution in [2.75, 3.05) is 36.4 Å². The molecule has 0 radical (unpaired) electrons. The van der Waals surface area contributed by atoms with Crippen LogP contribution in [0.4, 0.5) is 11.4 Å². The van der Waals surface area contributed by atoms with Gasteiger partial charge in [0.15, 0.2) is 5.76 Å². The van der Waals surface area contributed by atoms with Gasteiger partial charge in [0.05, 0.1) is 23.8 Å². The molecule has 1 fully saturated rings. The minimum atomic E-state index is -0.400. The largest absolute Gasteiger partial charge is 0.432 e. The van der Waals surface area contributed by atoms with Crippen LogP contribution in [0.15, 0.2) is 59.5 Å². The van der Waals surface area contributed by atoms with Crippen LogP contribution < -0.4 is 15.5 Å². The van der Waals surface area contributed by atoms with Crippen LogP contribution in [-0.4, -0.2) is 47.0 Å². The number of carbonyl (C=O) groups is 1. The second-order valence-corrected chi connectivity index (χ2v) is 6.89. The third-order valence-corrected chi connectivity index (χ3v) is 5.04. The van der Waals surface area contributed by atoms with Gasteiger partial charge >= 0.3 is 5.91 Å². The molecule has 1 aliphatic heterocycles. The second kappa shape index (κ2) is 7.40. The molecule has 4 heterocycles. The highest BCUT2D eigenvalue weighted by molar-refractivity contribution is 6.03. The average Bonchev–Trinajstić information content (AvgIpc) is 3.44. The summed E-state index contributed by atoms with van der Waals surface area (Å²) < 4.78 is 5.74. The predicted octanol–water partition coefficient (Wildman–Crippen LogP) is 2.88. The van der Waals surface area contributed by atoms with Gasteiger partial charge in [-0.3, -0.25) is 9.78 Å². The van der Waals surface area contributed by atoms with Crippen LogP contribution in [-0.2, 0) is 0 Å². The molecule has 3 N–H and O–H groups in total. The number of amides is 1. The second-order valence-electron chi connectivity index (χ2n) is 6.89. The maximum atomic E-state index is 12.7. The quantitative estimate of drug-likeness (QED) is 0.497. The number of piperazine rings is 1. The van der Waals surface area contributed by atoms with Crippen molar-refractivity contribution in [2.24, 2.45) is 0 Å². The van der Waals surface area contributed by atoms with Gasteiger partial charge in [-0.2, -0.15) is 0 Å². The normalized spacial score (nSPS) is 14.3. The number of nitrogens with one attached hydrogen (secondary N) is 3. The van der Waals surface area contributed by atoms with Gasteiger partial charge in [0, 0.05) is 55.0 Å². The minimum absolute atomic E-state index is 0.0179. The Balaban J connectivity index is 1.37. The number of fused-ring (bicyclic) bond motifs is 1. The lowest BCUT2D eigenvalue weighted by Gasteiger charge is -2.30. The predicted molar refractivity (Wildman–Crippen MR) is 111 cm³/mol. The standard InChI is InChI=1S/C21H20N6O2/c28-20(26-17-12-23-5-4-18(17)27-9-7-22-8-10-27)21-25-13-19(29-21)15-1-2-16-14(11-15)3-6-24-16/h1-6,11-13,22,24H,7-10H2,(H,26,28). The molecule has 1 aromatic carbocycles. The molecule has 146 valence electrons. The Morgan fingerprint density at radius 3 is 2.93 bits per heavy atom. The van der Waals surface area contributed by atoms with E-state index in [2.05, 4.69) is 30.5 Å². The zero-order chi connectivity index (χ0) is 19.6. The Labute approximate surface area is 167 Å². The van der Waals surface area contributed by atoms with Crippen molar-refractivity contribution in [3.05, 3.63) is 61.0 Å². The van der Waals surface area contributed by atoms with Gasteiger partial charge in [-0.1, -0.05) is 0 Å². The van der Waals surface area contributed by atoms with E-state index in [-0.39, 0.29) is 5.89 Å². The third kappa shape index (κ3) is 3.45. The van der Waals surface area contributed by atoms with Crippen LogP contribution in [0.2, 0.25) is 0 Å². The van der Waals surface area contributed by atoms with Crippen LogP contribution in [0.25, 0.3) is 22.2 Å². The number of aromatic nitrogens is 3. The average molecular weight is 388 g/mol. The van der Waals surface area contributed by atoms with Crippen molar-refractivity contribution in [3.8, 4) is 11.3 Å². The van der Waals surface area contributed by atoms with Gasteiger partial charge in [0.1, 0.15) is 0 Å². The number of nitrogens with zero attached hydrogens (tertiary/aromatic N) is 3. The van der Waals surface area contributed by atoms with E-state index in [1.807, 2.05) is 36.5 Å². The first-order valence-electron chi connectivity index (χ1n) is 9.52. The Bertz CT molecular complexity index is 1160. The van der Waals surface area contributed by atoms with E-state index < -0.39 is 5.91 Å². The third-order valence-electron chi connectivity index (χ3n) is 5.04. The van der Waals surface area contributed by atoms with Crippen molar-refractivity contribution in [3.63, 3.8) is 0 Å². The lowest BCUT2D eigenvalue weighted by atomic mass is 10.1. The van der Waals surface area contributed by atoms with E-state index in [9.17, 15) is 4.79 Å². The van der Waals surface area contributed by atoms with E-state index in [1.165, 1.54) is 0 Å². The number of rotatable bonds is 4. The van der Waals surface area contributed by atoms with E-state index in [0.29, 0.717) is 11.4 Å². The molecular formula is C21H20N6O2. The lowest BCUT2D eigenvalue weighted by Crippen LogP contribution is -2.43. The topological polar surface area (TPSA) is 99.1 Å². The number of H-pyrrole nitrogens is 1. The number of oxazole rings is 1. The van der Waals surface area contributed by atoms with Crippen molar-refractivity contribution in [1.82, 2.24) is 20.3 Å². The molecule has 5 rings (SSSR count). The van der Waals surface area contributed by atoms with Gasteiger partial charge in [0.2, 0.25) is 0 Å². The summed E-state index contributed by atoms with van der Waals surface area (Å²) in [5.41, 5.74) is 3.50. The lowest BCUT2D eigenvalue weighted by molar-refractivity contribution is 0.0991. The molecule has 3 aromatic heterocycles. The molecule has 8 heteroatoms. The summed E-state index contributed by atoms with van der Waals surface area (Å²) in [7, 11) is 0. The molecule has 1 saturated heterocycles. The van der Waals surface area contributed by atoms with E-state index >= 15 is 0 Å². The van der Waals surface area contributed by atoms with E-state index in [4.69, 9.17) is 4.42 Å². The van der Waals surface area contributed by atoms with Crippen LogP contribution in [0.5, 0.6) is 0 Å². The first kappa shape index (κ1) is 17.4. The number of benzene rings is 1. The van der Waals surface area contributed by atoms with Gasteiger partial charge in [-0.25, -0.2) is 4.98 Å². The van der Waals surface area contributed by atoms with Crippen molar-refractivity contribution >= 4 is 28.2 Å². The fraction of sp³-hybridized carbons (Fsp3) is 0.190. The molecule has 0 bridgehead atoms. The molecule has 4 aromatic rings. The Morgan fingerprint density at radius 2 is 2.03 bits per heavy atom. The van der Waals surface area contributed by atoms with Crippen molar-refractivity contribution < 1.29 is 9.21 Å². The Morgan fingerprint density at radius 1 is 1.14 bits per heavy atom. The fourth-order valence-corrected chi connectivity index (χ4v) is 3.56. The smallest absolute Gasteiger partial charge is 0.311 e. The fourth-order valence-electron chi connectivity index (χ4n) is 3.56. The van der Waals surface area contributed by atoms with Crippen LogP contribution >= 0.6 is 0 Å². The Hall–Kier alpha value is -3.65. The first-order chi connectivity index (χ1) is 14.3. The Kier molecular flexibility index (Phi) is 4.45. The van der Waals surface area contributed by atoms with Gasteiger partial charge in [0.25, 0.3) is 5.89 Å². The number of pyridine rings is 1. The number of aromatic amines is 1. The molecule has 0 spiro atoms. The van der Waals surface area contributed by atoms with Gasteiger partial charge in [-0.05, 0) is 30.3 Å². The molecular weight excluding hydrogens is 368 g/mol. The molecule has 0 aliphatic carbocycles. The summed E-state index contributed by atoms with van der Waals surface area (Å²) >= 11 is 0. The van der Waals surface area contributed by atoms with Crippen molar-refractivity contribution in [1.29, 1.82) is 0 Å². The van der Waals surface area contributed by atoms with E-state index in [1.54, 1.807) is 18.6 Å². The highest BCUT2D eigenvalue weighted by atomic mass is 16.4. The molecule has 0 saturated carbocycles. The zero-order valence-electron chi connectivity index (χ0n) is 15.7. The number of anilines is 2. The molecule has 0 unspecified atom stereocenters.